The van der Waals surface area contributed by atoms with Crippen molar-refractivity contribution in [3.63, 3.8) is 0 Å². The molecule has 0 bridgehead atoms. The molecule has 0 aliphatic carbocycles. The molecule has 1 unspecified atom stereocenters. The predicted octanol–water partition coefficient (Wildman–Crippen LogP) is -0.225. The zero-order valence-electron chi connectivity index (χ0n) is 6.62. The second-order valence-electron chi connectivity index (χ2n) is 2.61. The van der Waals surface area contributed by atoms with Gasteiger partial charge >= 0.3 is 5.97 Å². The lowest BCUT2D eigenvalue weighted by atomic mass is 10.00. The number of rotatable bonds is 6. The van der Waals surface area contributed by atoms with Crippen molar-refractivity contribution in [1.82, 2.24) is 0 Å². The summed E-state index contributed by atoms with van der Waals surface area (Å²) in [6.45, 7) is 1.12. The van der Waals surface area contributed by atoms with Crippen LogP contribution in [-0.2, 0) is 4.79 Å². The number of hydrogen-bond acceptors (Lipinski definition) is 3. The molecule has 0 saturated heterocycles. The average molecular weight is 160 g/mol. The Bertz CT molecular complexity index is 117. The van der Waals surface area contributed by atoms with E-state index in [1.807, 2.05) is 0 Å². The SMILES string of the molecule is NCCC(CN)CCC(=O)O. The summed E-state index contributed by atoms with van der Waals surface area (Å²) in [6.07, 6.45) is 1.66. The van der Waals surface area contributed by atoms with Gasteiger partial charge in [0.2, 0.25) is 0 Å². The first-order chi connectivity index (χ1) is 5.20. The van der Waals surface area contributed by atoms with E-state index < -0.39 is 5.97 Å². The van der Waals surface area contributed by atoms with Crippen LogP contribution in [0.15, 0.2) is 0 Å². The second-order valence-corrected chi connectivity index (χ2v) is 2.61. The Hall–Kier alpha value is -0.610. The van der Waals surface area contributed by atoms with Crippen LogP contribution in [0.5, 0.6) is 0 Å². The van der Waals surface area contributed by atoms with Crippen molar-refractivity contribution >= 4 is 5.97 Å². The van der Waals surface area contributed by atoms with Crippen LogP contribution < -0.4 is 11.5 Å². The van der Waals surface area contributed by atoms with Gasteiger partial charge in [-0.15, -0.1) is 0 Å². The second kappa shape index (κ2) is 6.12. The lowest BCUT2D eigenvalue weighted by molar-refractivity contribution is -0.137. The average Bonchev–Trinajstić information content (AvgIpc) is 1.97. The highest BCUT2D eigenvalue weighted by atomic mass is 16.4. The molecule has 0 aromatic rings. The molecule has 0 heterocycles. The van der Waals surface area contributed by atoms with Gasteiger partial charge in [-0.05, 0) is 31.8 Å². The normalized spacial score (nSPS) is 12.9. The number of carboxylic acid groups (broad SMARTS) is 1. The van der Waals surface area contributed by atoms with E-state index in [-0.39, 0.29) is 12.3 Å². The van der Waals surface area contributed by atoms with E-state index in [0.29, 0.717) is 19.5 Å². The van der Waals surface area contributed by atoms with Crippen molar-refractivity contribution in [3.8, 4) is 0 Å². The largest absolute Gasteiger partial charge is 0.481 e. The van der Waals surface area contributed by atoms with Crippen molar-refractivity contribution in [2.24, 2.45) is 17.4 Å². The molecule has 1 atom stereocenters. The maximum atomic E-state index is 10.2. The maximum absolute atomic E-state index is 10.2. The molecule has 0 spiro atoms. The smallest absolute Gasteiger partial charge is 0.303 e. The summed E-state index contributed by atoms with van der Waals surface area (Å²) >= 11 is 0. The van der Waals surface area contributed by atoms with Crippen LogP contribution in [0, 0.1) is 5.92 Å². The molecule has 0 aliphatic heterocycles. The van der Waals surface area contributed by atoms with E-state index in [0.717, 1.165) is 6.42 Å². The monoisotopic (exact) mass is 160 g/mol. The summed E-state index contributed by atoms with van der Waals surface area (Å²) in [5, 5.41) is 8.35. The van der Waals surface area contributed by atoms with Gasteiger partial charge in [0.25, 0.3) is 0 Å². The van der Waals surface area contributed by atoms with Gasteiger partial charge in [-0.1, -0.05) is 0 Å². The fourth-order valence-electron chi connectivity index (χ4n) is 0.943. The first-order valence-corrected chi connectivity index (χ1v) is 3.82. The third kappa shape index (κ3) is 5.82. The Labute approximate surface area is 66.6 Å². The first-order valence-electron chi connectivity index (χ1n) is 3.82. The van der Waals surface area contributed by atoms with Crippen LogP contribution >= 0.6 is 0 Å². The molecule has 0 aromatic heterocycles. The van der Waals surface area contributed by atoms with Crippen molar-refractivity contribution < 1.29 is 9.90 Å². The van der Waals surface area contributed by atoms with E-state index in [2.05, 4.69) is 0 Å². The quantitative estimate of drug-likeness (QED) is 0.501. The number of nitrogens with two attached hydrogens (primary N) is 2. The van der Waals surface area contributed by atoms with Gasteiger partial charge in [0.15, 0.2) is 0 Å². The lowest BCUT2D eigenvalue weighted by Gasteiger charge is -2.10. The molecule has 0 rings (SSSR count). The first kappa shape index (κ1) is 10.4. The molecule has 66 valence electrons. The zero-order chi connectivity index (χ0) is 8.69. The molecule has 0 aliphatic rings. The van der Waals surface area contributed by atoms with E-state index in [1.54, 1.807) is 0 Å². The Morgan fingerprint density at radius 1 is 1.36 bits per heavy atom. The summed E-state index contributed by atoms with van der Waals surface area (Å²) in [5.74, 6) is -0.489. The Balaban J connectivity index is 3.43. The van der Waals surface area contributed by atoms with Gasteiger partial charge in [0.1, 0.15) is 0 Å². The van der Waals surface area contributed by atoms with Crippen LogP contribution in [0.25, 0.3) is 0 Å². The van der Waals surface area contributed by atoms with Gasteiger partial charge in [-0.3, -0.25) is 4.79 Å². The van der Waals surface area contributed by atoms with Crippen LogP contribution in [0.1, 0.15) is 19.3 Å². The molecule has 11 heavy (non-hydrogen) atoms. The Morgan fingerprint density at radius 3 is 2.36 bits per heavy atom. The number of aliphatic carboxylic acids is 1. The maximum Gasteiger partial charge on any atom is 0.303 e. The fourth-order valence-corrected chi connectivity index (χ4v) is 0.943. The van der Waals surface area contributed by atoms with Gasteiger partial charge in [-0.2, -0.15) is 0 Å². The van der Waals surface area contributed by atoms with Crippen LogP contribution in [0.4, 0.5) is 0 Å². The lowest BCUT2D eigenvalue weighted by Crippen LogP contribution is -2.19. The number of carbonyl (C=O) groups is 1. The van der Waals surface area contributed by atoms with Crippen molar-refractivity contribution in [1.29, 1.82) is 0 Å². The highest BCUT2D eigenvalue weighted by molar-refractivity contribution is 5.66. The highest BCUT2D eigenvalue weighted by Crippen LogP contribution is 2.07. The molecule has 4 heteroatoms. The standard InChI is InChI=1S/C7H16N2O2/c8-4-3-6(5-9)1-2-7(10)11/h6H,1-5,8-9H2,(H,10,11). The minimum atomic E-state index is -0.763. The van der Waals surface area contributed by atoms with Gasteiger partial charge < -0.3 is 16.6 Å². The molecule has 5 N–H and O–H groups in total. The molecule has 4 nitrogen and oxygen atoms in total. The molecule has 0 saturated carbocycles. The molecule has 0 fully saturated rings. The number of carboxylic acids is 1. The minimum Gasteiger partial charge on any atom is -0.481 e. The summed E-state index contributed by atoms with van der Waals surface area (Å²) in [7, 11) is 0. The highest BCUT2D eigenvalue weighted by Gasteiger charge is 2.07. The summed E-state index contributed by atoms with van der Waals surface area (Å²) in [4.78, 5) is 10.2. The van der Waals surface area contributed by atoms with Crippen molar-refractivity contribution in [3.05, 3.63) is 0 Å². The molecule has 0 aromatic carbocycles. The third-order valence-electron chi connectivity index (χ3n) is 1.67. The van der Waals surface area contributed by atoms with E-state index in [4.69, 9.17) is 16.6 Å². The van der Waals surface area contributed by atoms with Crippen LogP contribution in [0.2, 0.25) is 0 Å². The fraction of sp³-hybridized carbons (Fsp3) is 0.857. The Morgan fingerprint density at radius 2 is 2.00 bits per heavy atom. The minimum absolute atomic E-state index is 0.196. The third-order valence-corrected chi connectivity index (χ3v) is 1.67. The van der Waals surface area contributed by atoms with Crippen LogP contribution in [-0.4, -0.2) is 24.2 Å². The topological polar surface area (TPSA) is 89.3 Å². The molecular weight excluding hydrogens is 144 g/mol. The Kier molecular flexibility index (Phi) is 5.78. The van der Waals surface area contributed by atoms with Crippen molar-refractivity contribution in [2.75, 3.05) is 13.1 Å². The van der Waals surface area contributed by atoms with Gasteiger partial charge in [-0.25, -0.2) is 0 Å². The van der Waals surface area contributed by atoms with Gasteiger partial charge in [0, 0.05) is 6.42 Å². The molecular formula is C7H16N2O2. The summed E-state index contributed by atoms with van der Waals surface area (Å²) in [5.41, 5.74) is 10.7. The summed E-state index contributed by atoms with van der Waals surface area (Å²) < 4.78 is 0. The van der Waals surface area contributed by atoms with Crippen LogP contribution in [0.3, 0.4) is 0 Å². The van der Waals surface area contributed by atoms with Gasteiger partial charge in [0.05, 0.1) is 0 Å². The van der Waals surface area contributed by atoms with Crippen molar-refractivity contribution in [2.45, 2.75) is 19.3 Å². The summed E-state index contributed by atoms with van der Waals surface area (Å²) in [6, 6.07) is 0. The van der Waals surface area contributed by atoms with E-state index in [9.17, 15) is 4.79 Å². The van der Waals surface area contributed by atoms with E-state index >= 15 is 0 Å². The molecule has 0 amide bonds. The zero-order valence-corrected chi connectivity index (χ0v) is 6.62. The van der Waals surface area contributed by atoms with E-state index in [1.165, 1.54) is 0 Å². The number of hydrogen-bond donors (Lipinski definition) is 3. The molecule has 0 radical (unpaired) electrons. The predicted molar refractivity (Wildman–Crippen MR) is 43.1 cm³/mol.